The van der Waals surface area contributed by atoms with Gasteiger partial charge in [-0.05, 0) is 31.6 Å². The Labute approximate surface area is 658 Å². The first-order chi connectivity index (χ1) is 52.1. The molecule has 0 rings (SSSR count). The summed E-state index contributed by atoms with van der Waals surface area (Å²) in [7, 11) is -9.92. The van der Waals surface area contributed by atoms with E-state index >= 15 is 0 Å². The molecule has 636 valence electrons. The Morgan fingerprint density at radius 2 is 0.449 bits per heavy atom. The topological polar surface area (TPSA) is 237 Å². The van der Waals surface area contributed by atoms with Gasteiger partial charge in [0.05, 0.1) is 26.4 Å². The second kappa shape index (κ2) is 80.7. The summed E-state index contributed by atoms with van der Waals surface area (Å²) in [6.45, 7) is 7.42. The van der Waals surface area contributed by atoms with Gasteiger partial charge in [-0.2, -0.15) is 0 Å². The third-order valence-electron chi connectivity index (χ3n) is 21.1. The van der Waals surface area contributed by atoms with Gasteiger partial charge in [0, 0.05) is 25.7 Å². The first-order valence-corrected chi connectivity index (χ1v) is 48.7. The monoisotopic (exact) mass is 1560 g/mol. The van der Waals surface area contributed by atoms with Gasteiger partial charge < -0.3 is 33.8 Å². The van der Waals surface area contributed by atoms with Crippen molar-refractivity contribution in [2.24, 2.45) is 5.92 Å². The zero-order chi connectivity index (χ0) is 78.3. The van der Waals surface area contributed by atoms with E-state index in [9.17, 15) is 43.2 Å². The van der Waals surface area contributed by atoms with Crippen LogP contribution in [0.5, 0.6) is 0 Å². The van der Waals surface area contributed by atoms with Crippen LogP contribution in [-0.4, -0.2) is 96.7 Å². The average molecular weight is 1560 g/mol. The normalized spacial score (nSPS) is 14.0. The van der Waals surface area contributed by atoms with Crippen LogP contribution in [-0.2, 0) is 65.4 Å². The maximum Gasteiger partial charge on any atom is 0.472 e. The predicted octanol–water partition coefficient (Wildman–Crippen LogP) is 27.2. The Hall–Kier alpha value is -1.94. The number of aliphatic hydroxyl groups excluding tert-OH is 1. The number of hydrogen-bond donors (Lipinski definition) is 3. The minimum absolute atomic E-state index is 0.108. The number of carbonyl (C=O) groups is 4. The summed E-state index contributed by atoms with van der Waals surface area (Å²) < 4.78 is 68.9. The highest BCUT2D eigenvalue weighted by molar-refractivity contribution is 7.47. The fourth-order valence-electron chi connectivity index (χ4n) is 13.8. The number of rotatable bonds is 88. The molecule has 0 saturated carbocycles. The van der Waals surface area contributed by atoms with Crippen molar-refractivity contribution in [3.63, 3.8) is 0 Å². The highest BCUT2D eigenvalue weighted by atomic mass is 31.2. The molecule has 0 amide bonds. The minimum atomic E-state index is -4.97. The molecule has 0 spiro atoms. The molecule has 0 aliphatic rings. The Morgan fingerprint density at radius 3 is 0.664 bits per heavy atom. The van der Waals surface area contributed by atoms with Gasteiger partial charge in [0.1, 0.15) is 19.3 Å². The van der Waals surface area contributed by atoms with E-state index in [2.05, 4.69) is 34.6 Å². The molecule has 0 heterocycles. The zero-order valence-corrected chi connectivity index (χ0v) is 72.1. The first kappa shape index (κ1) is 105. The van der Waals surface area contributed by atoms with Crippen LogP contribution in [0, 0.1) is 5.92 Å². The Bertz CT molecular complexity index is 2030. The van der Waals surface area contributed by atoms with Crippen LogP contribution in [0.1, 0.15) is 478 Å². The van der Waals surface area contributed by atoms with Crippen molar-refractivity contribution in [2.75, 3.05) is 39.6 Å². The highest BCUT2D eigenvalue weighted by Crippen LogP contribution is 2.45. The van der Waals surface area contributed by atoms with E-state index in [0.717, 1.165) is 95.8 Å². The fourth-order valence-corrected chi connectivity index (χ4v) is 15.4. The lowest BCUT2D eigenvalue weighted by atomic mass is 9.99. The third-order valence-corrected chi connectivity index (χ3v) is 23.0. The molecule has 19 heteroatoms. The van der Waals surface area contributed by atoms with Crippen molar-refractivity contribution >= 4 is 39.5 Å². The summed E-state index contributed by atoms with van der Waals surface area (Å²) in [5.74, 6) is -1.23. The molecule has 0 aromatic rings. The second-order valence-electron chi connectivity index (χ2n) is 31.9. The van der Waals surface area contributed by atoms with Crippen molar-refractivity contribution in [1.82, 2.24) is 0 Å². The van der Waals surface area contributed by atoms with E-state index in [1.54, 1.807) is 0 Å². The number of hydrogen-bond acceptors (Lipinski definition) is 15. The maximum absolute atomic E-state index is 13.2. The van der Waals surface area contributed by atoms with Crippen LogP contribution < -0.4 is 0 Å². The highest BCUT2D eigenvalue weighted by Gasteiger charge is 2.30. The molecule has 0 bridgehead atoms. The number of aliphatic hydroxyl groups is 1. The van der Waals surface area contributed by atoms with Crippen LogP contribution in [0.15, 0.2) is 0 Å². The lowest BCUT2D eigenvalue weighted by Crippen LogP contribution is -2.30. The Balaban J connectivity index is 5.18. The van der Waals surface area contributed by atoms with Crippen LogP contribution in [0.2, 0.25) is 0 Å². The van der Waals surface area contributed by atoms with Crippen LogP contribution >= 0.6 is 15.6 Å². The molecule has 0 aliphatic carbocycles. The molecule has 0 saturated heterocycles. The lowest BCUT2D eigenvalue weighted by molar-refractivity contribution is -0.161. The van der Waals surface area contributed by atoms with Gasteiger partial charge in [-0.3, -0.25) is 37.3 Å². The molecule has 0 radical (unpaired) electrons. The quantitative estimate of drug-likeness (QED) is 0.0222. The molecule has 0 aliphatic heterocycles. The summed E-state index contributed by atoms with van der Waals surface area (Å²) in [5.41, 5.74) is 0. The number of unbranched alkanes of at least 4 members (excludes halogenated alkanes) is 59. The van der Waals surface area contributed by atoms with Gasteiger partial charge in [-0.15, -0.1) is 0 Å². The van der Waals surface area contributed by atoms with E-state index in [0.29, 0.717) is 25.7 Å². The minimum Gasteiger partial charge on any atom is -0.462 e. The molecular weight excluding hydrogens is 1390 g/mol. The Kier molecular flexibility index (Phi) is 79.2. The van der Waals surface area contributed by atoms with Gasteiger partial charge in [-0.25, -0.2) is 9.13 Å². The molecule has 3 N–H and O–H groups in total. The Morgan fingerprint density at radius 1 is 0.262 bits per heavy atom. The number of phosphoric ester groups is 2. The lowest BCUT2D eigenvalue weighted by Gasteiger charge is -2.21. The molecule has 107 heavy (non-hydrogen) atoms. The predicted molar refractivity (Wildman–Crippen MR) is 442 cm³/mol. The van der Waals surface area contributed by atoms with Crippen molar-refractivity contribution in [1.29, 1.82) is 0 Å². The van der Waals surface area contributed by atoms with Crippen molar-refractivity contribution in [3.8, 4) is 0 Å². The van der Waals surface area contributed by atoms with Crippen LogP contribution in [0.25, 0.3) is 0 Å². The third kappa shape index (κ3) is 80.5. The number of carbonyl (C=O) groups excluding carboxylic acids is 4. The van der Waals surface area contributed by atoms with Gasteiger partial charge >= 0.3 is 39.5 Å². The molecule has 6 atom stereocenters. The van der Waals surface area contributed by atoms with Crippen LogP contribution in [0.4, 0.5) is 0 Å². The van der Waals surface area contributed by atoms with E-state index in [1.165, 1.54) is 302 Å². The molecule has 3 unspecified atom stereocenters. The number of esters is 4. The van der Waals surface area contributed by atoms with Gasteiger partial charge in [0.2, 0.25) is 0 Å². The molecule has 17 nitrogen and oxygen atoms in total. The van der Waals surface area contributed by atoms with Gasteiger partial charge in [-0.1, -0.05) is 426 Å². The van der Waals surface area contributed by atoms with Crippen molar-refractivity contribution < 1.29 is 80.2 Å². The van der Waals surface area contributed by atoms with E-state index in [-0.39, 0.29) is 25.7 Å². The standard InChI is InChI=1S/C88H172O17P2/c1-6-10-13-16-19-22-24-26-28-29-30-31-32-33-37-40-44-47-52-57-62-67-72-86(91)99-78-84(105-88(93)74-69-64-59-54-49-45-41-38-35-34-36-39-42-46-51-55-60-65-70-81(5)9-4)80-103-107(96,97)101-76-82(89)75-100-106(94,95)102-79-83(77-98-85(90)71-66-61-56-50-21-18-15-12-8-3)104-87(92)73-68-63-58-53-48-43-27-25-23-20-17-14-11-7-2/h81-84,89H,6-80H2,1-5H3,(H,94,95)(H,96,97)/t81?,82-,83+,84+/m0/s1. The summed E-state index contributed by atoms with van der Waals surface area (Å²) in [4.78, 5) is 73.2. The first-order valence-electron chi connectivity index (χ1n) is 45.7. The molecular formula is C88H172O17P2. The molecule has 0 aromatic heterocycles. The smallest absolute Gasteiger partial charge is 0.462 e. The largest absolute Gasteiger partial charge is 0.472 e. The summed E-state index contributed by atoms with van der Waals surface area (Å²) in [6.07, 6.45) is 75.1. The van der Waals surface area contributed by atoms with Crippen LogP contribution in [0.3, 0.4) is 0 Å². The second-order valence-corrected chi connectivity index (χ2v) is 34.8. The number of phosphoric acid groups is 2. The maximum atomic E-state index is 13.2. The van der Waals surface area contributed by atoms with Crippen molar-refractivity contribution in [3.05, 3.63) is 0 Å². The van der Waals surface area contributed by atoms with Gasteiger partial charge in [0.15, 0.2) is 12.2 Å². The summed E-state index contributed by atoms with van der Waals surface area (Å²) in [6, 6.07) is 0. The molecule has 0 aromatic carbocycles. The average Bonchev–Trinajstić information content (AvgIpc) is 0.920. The van der Waals surface area contributed by atoms with E-state index < -0.39 is 97.5 Å². The fraction of sp³-hybridized carbons (Fsp3) is 0.955. The van der Waals surface area contributed by atoms with Gasteiger partial charge in [0.25, 0.3) is 0 Å². The number of ether oxygens (including phenoxy) is 4. The van der Waals surface area contributed by atoms with Crippen molar-refractivity contribution in [2.45, 2.75) is 496 Å². The molecule has 0 fully saturated rings. The van der Waals surface area contributed by atoms with E-state index in [4.69, 9.17) is 37.0 Å². The summed E-state index contributed by atoms with van der Waals surface area (Å²) >= 11 is 0. The van der Waals surface area contributed by atoms with E-state index in [1.807, 2.05) is 0 Å². The zero-order valence-electron chi connectivity index (χ0n) is 70.3. The summed E-state index contributed by atoms with van der Waals surface area (Å²) in [5, 5.41) is 10.7. The SMILES string of the molecule is CCCCCCCCCCCCCCCCCCCCCCCCC(=O)OC[C@H](COP(=O)(O)OC[C@@H](O)COP(=O)(O)OC[C@@H](COC(=O)CCCCCCCCCCC)OC(=O)CCCCCCCCCCCCCCCC)OC(=O)CCCCCCCCCCCCCCCCCCCCC(C)CC.